The molecule has 1 aromatic rings. The number of hydrogen-bond acceptors (Lipinski definition) is 6. The predicted molar refractivity (Wildman–Crippen MR) is 92.7 cm³/mol. The van der Waals surface area contributed by atoms with Crippen molar-refractivity contribution >= 4 is 11.7 Å². The molecule has 2 heterocycles. The molecule has 0 saturated carbocycles. The number of rotatable bonds is 3. The van der Waals surface area contributed by atoms with Crippen LogP contribution in [0.2, 0.25) is 0 Å². The summed E-state index contributed by atoms with van der Waals surface area (Å²) >= 11 is 0. The minimum atomic E-state index is -4.64. The summed E-state index contributed by atoms with van der Waals surface area (Å²) in [5.74, 6) is -2.81. The second-order valence-corrected chi connectivity index (χ2v) is 6.71. The number of hydrogen-bond donors (Lipinski definition) is 1. The SMILES string of the molecule is CCOC(=O)C1=C(C)N[C@]2(C)ON=C(C#N)[C@@H]2[C@H]1c1ccccc1C(F)(F)F. The molecule has 3 atom stereocenters. The summed E-state index contributed by atoms with van der Waals surface area (Å²) < 4.78 is 46.3. The third kappa shape index (κ3) is 3.09. The Labute approximate surface area is 159 Å². The first kappa shape index (κ1) is 19.7. The molecule has 148 valence electrons. The van der Waals surface area contributed by atoms with E-state index in [4.69, 9.17) is 9.57 Å². The minimum Gasteiger partial charge on any atom is -0.463 e. The molecule has 0 fully saturated rings. The molecule has 0 aliphatic carbocycles. The smallest absolute Gasteiger partial charge is 0.416 e. The number of nitrogens with zero attached hydrogens (tertiary/aromatic N) is 2. The number of nitrogens with one attached hydrogen (secondary N) is 1. The Morgan fingerprint density at radius 1 is 1.43 bits per heavy atom. The van der Waals surface area contributed by atoms with Crippen molar-refractivity contribution < 1.29 is 27.5 Å². The van der Waals surface area contributed by atoms with Crippen LogP contribution >= 0.6 is 0 Å². The number of oxime groups is 1. The fourth-order valence-corrected chi connectivity index (χ4v) is 3.87. The summed E-state index contributed by atoms with van der Waals surface area (Å²) in [6, 6.07) is 6.87. The van der Waals surface area contributed by atoms with Crippen LogP contribution in [-0.4, -0.2) is 24.0 Å². The third-order valence-corrected chi connectivity index (χ3v) is 4.92. The Bertz CT molecular complexity index is 917. The molecule has 0 unspecified atom stereocenters. The summed E-state index contributed by atoms with van der Waals surface area (Å²) in [5.41, 5.74) is -2.05. The van der Waals surface area contributed by atoms with E-state index >= 15 is 0 Å². The van der Waals surface area contributed by atoms with Crippen molar-refractivity contribution in [2.75, 3.05) is 6.61 Å². The summed E-state index contributed by atoms with van der Waals surface area (Å²) in [6.45, 7) is 4.80. The molecule has 9 heteroatoms. The Morgan fingerprint density at radius 2 is 2.11 bits per heavy atom. The van der Waals surface area contributed by atoms with Gasteiger partial charge in [0.25, 0.3) is 0 Å². The lowest BCUT2D eigenvalue weighted by Crippen LogP contribution is -2.55. The molecule has 2 aliphatic heterocycles. The van der Waals surface area contributed by atoms with E-state index in [1.807, 2.05) is 6.07 Å². The van der Waals surface area contributed by atoms with Gasteiger partial charge in [-0.25, -0.2) is 4.79 Å². The molecule has 1 aromatic carbocycles. The zero-order valence-corrected chi connectivity index (χ0v) is 15.4. The number of carbonyl (C=O) groups excluding carboxylic acids is 1. The summed E-state index contributed by atoms with van der Waals surface area (Å²) in [4.78, 5) is 18.0. The van der Waals surface area contributed by atoms with Crippen LogP contribution in [0.25, 0.3) is 0 Å². The van der Waals surface area contributed by atoms with Crippen molar-refractivity contribution in [3.63, 3.8) is 0 Å². The molecule has 3 rings (SSSR count). The van der Waals surface area contributed by atoms with E-state index < -0.39 is 35.3 Å². The zero-order chi connectivity index (χ0) is 20.7. The Hall–Kier alpha value is -3.02. The maximum Gasteiger partial charge on any atom is 0.416 e. The van der Waals surface area contributed by atoms with Crippen LogP contribution in [0.4, 0.5) is 13.2 Å². The molecule has 1 N–H and O–H groups in total. The van der Waals surface area contributed by atoms with E-state index in [1.165, 1.54) is 18.2 Å². The maximum atomic E-state index is 13.7. The second kappa shape index (κ2) is 6.86. The average molecular weight is 393 g/mol. The third-order valence-electron chi connectivity index (χ3n) is 4.92. The lowest BCUT2D eigenvalue weighted by atomic mass is 9.69. The highest BCUT2D eigenvalue weighted by Crippen LogP contribution is 2.50. The first-order valence-electron chi connectivity index (χ1n) is 8.62. The highest BCUT2D eigenvalue weighted by Gasteiger charge is 2.57. The number of benzene rings is 1. The van der Waals surface area contributed by atoms with Crippen molar-refractivity contribution in [2.45, 2.75) is 38.6 Å². The average Bonchev–Trinajstić information content (AvgIpc) is 2.95. The molecular formula is C19H18F3N3O3. The van der Waals surface area contributed by atoms with Crippen LogP contribution in [0.15, 0.2) is 40.7 Å². The molecule has 0 spiro atoms. The van der Waals surface area contributed by atoms with Crippen molar-refractivity contribution in [1.82, 2.24) is 5.32 Å². The van der Waals surface area contributed by atoms with Crippen LogP contribution in [0.3, 0.4) is 0 Å². The van der Waals surface area contributed by atoms with Gasteiger partial charge in [-0.3, -0.25) is 0 Å². The van der Waals surface area contributed by atoms with Gasteiger partial charge >= 0.3 is 12.1 Å². The van der Waals surface area contributed by atoms with Crippen molar-refractivity contribution in [2.24, 2.45) is 11.1 Å². The van der Waals surface area contributed by atoms with E-state index in [0.29, 0.717) is 5.70 Å². The lowest BCUT2D eigenvalue weighted by Gasteiger charge is -2.42. The fraction of sp³-hybridized carbons (Fsp3) is 0.421. The molecule has 0 radical (unpaired) electrons. The van der Waals surface area contributed by atoms with Gasteiger partial charge in [-0.05, 0) is 32.4 Å². The van der Waals surface area contributed by atoms with E-state index in [1.54, 1.807) is 20.8 Å². The number of esters is 1. The fourth-order valence-electron chi connectivity index (χ4n) is 3.87. The zero-order valence-electron chi connectivity index (χ0n) is 15.4. The van der Waals surface area contributed by atoms with Gasteiger partial charge in [0, 0.05) is 11.6 Å². The number of alkyl halides is 3. The quantitative estimate of drug-likeness (QED) is 0.795. The normalized spacial score (nSPS) is 26.5. The molecule has 0 aromatic heterocycles. The number of nitriles is 1. The van der Waals surface area contributed by atoms with Gasteiger partial charge in [0.2, 0.25) is 5.72 Å². The Morgan fingerprint density at radius 3 is 2.71 bits per heavy atom. The molecule has 0 bridgehead atoms. The Kier molecular flexibility index (Phi) is 4.83. The van der Waals surface area contributed by atoms with Gasteiger partial charge < -0.3 is 14.9 Å². The van der Waals surface area contributed by atoms with Crippen molar-refractivity contribution in [3.05, 3.63) is 46.7 Å². The van der Waals surface area contributed by atoms with Crippen LogP contribution in [0, 0.1) is 17.2 Å². The lowest BCUT2D eigenvalue weighted by molar-refractivity contribution is -0.142. The van der Waals surface area contributed by atoms with Gasteiger partial charge in [-0.15, -0.1) is 0 Å². The van der Waals surface area contributed by atoms with Crippen LogP contribution in [0.1, 0.15) is 37.8 Å². The largest absolute Gasteiger partial charge is 0.463 e. The predicted octanol–water partition coefficient (Wildman–Crippen LogP) is 3.47. The first-order valence-corrected chi connectivity index (χ1v) is 8.62. The highest BCUT2D eigenvalue weighted by atomic mass is 19.4. The van der Waals surface area contributed by atoms with E-state index in [2.05, 4.69) is 10.5 Å². The molecule has 0 saturated heterocycles. The van der Waals surface area contributed by atoms with Crippen LogP contribution in [-0.2, 0) is 20.5 Å². The van der Waals surface area contributed by atoms with Gasteiger partial charge in [0.1, 0.15) is 6.07 Å². The molecule has 6 nitrogen and oxygen atoms in total. The van der Waals surface area contributed by atoms with Gasteiger partial charge in [0.05, 0.1) is 23.7 Å². The van der Waals surface area contributed by atoms with Crippen LogP contribution in [0.5, 0.6) is 0 Å². The van der Waals surface area contributed by atoms with Crippen LogP contribution < -0.4 is 5.32 Å². The standard InChI is InChI=1S/C19H18F3N3O3/c1-4-27-17(26)14-10(2)24-18(3)16(13(9-23)25-28-18)15(14)11-7-5-6-8-12(11)19(20,21)22/h5-8,15-16,24H,4H2,1-3H3/t15-,16+,18+/m0/s1. The van der Waals surface area contributed by atoms with E-state index in [-0.39, 0.29) is 23.5 Å². The molecule has 2 aliphatic rings. The number of carbonyl (C=O) groups is 1. The summed E-state index contributed by atoms with van der Waals surface area (Å²) in [6.07, 6.45) is -4.64. The number of halogens is 3. The summed E-state index contributed by atoms with van der Waals surface area (Å²) in [7, 11) is 0. The molecular weight excluding hydrogens is 375 g/mol. The highest BCUT2D eigenvalue weighted by molar-refractivity contribution is 6.04. The van der Waals surface area contributed by atoms with Gasteiger partial charge in [0.15, 0.2) is 5.71 Å². The van der Waals surface area contributed by atoms with E-state index in [9.17, 15) is 23.2 Å². The topological polar surface area (TPSA) is 83.7 Å². The number of ether oxygens (including phenoxy) is 1. The van der Waals surface area contributed by atoms with E-state index in [0.717, 1.165) is 6.07 Å². The monoisotopic (exact) mass is 393 g/mol. The number of allylic oxidation sites excluding steroid dienone is 1. The first-order chi connectivity index (χ1) is 13.1. The summed E-state index contributed by atoms with van der Waals surface area (Å²) in [5, 5.41) is 16.2. The molecule has 0 amide bonds. The second-order valence-electron chi connectivity index (χ2n) is 6.71. The van der Waals surface area contributed by atoms with Gasteiger partial charge in [-0.1, -0.05) is 23.4 Å². The number of fused-ring (bicyclic) bond motifs is 1. The Balaban J connectivity index is 2.29. The van der Waals surface area contributed by atoms with Gasteiger partial charge in [-0.2, -0.15) is 18.4 Å². The minimum absolute atomic E-state index is 0.0227. The molecule has 28 heavy (non-hydrogen) atoms. The van der Waals surface area contributed by atoms with Crippen molar-refractivity contribution in [1.29, 1.82) is 5.26 Å². The van der Waals surface area contributed by atoms with Crippen molar-refractivity contribution in [3.8, 4) is 6.07 Å². The maximum absolute atomic E-state index is 13.7.